The van der Waals surface area contributed by atoms with E-state index in [1.54, 1.807) is 0 Å². The lowest BCUT2D eigenvalue weighted by molar-refractivity contribution is 0.572. The van der Waals surface area contributed by atoms with E-state index in [1.807, 2.05) is 54.6 Å². The number of para-hydroxylation sites is 2. The molecule has 5 heteroatoms. The summed E-state index contributed by atoms with van der Waals surface area (Å²) in [5, 5.41) is -0.538. The SMILES string of the molecule is C=C(CCl)CC1Cc2ccccc2N(c2ccccc2)S1(=O)=O. The van der Waals surface area contributed by atoms with E-state index in [-0.39, 0.29) is 5.88 Å². The quantitative estimate of drug-likeness (QED) is 0.612. The molecule has 0 saturated carbocycles. The van der Waals surface area contributed by atoms with Crippen LogP contribution in [0.3, 0.4) is 0 Å². The molecule has 120 valence electrons. The third-order valence-corrected chi connectivity index (χ3v) is 6.50. The first kappa shape index (κ1) is 16.1. The number of allylic oxidation sites excluding steroid dienone is 1. The molecule has 2 aromatic carbocycles. The highest BCUT2D eigenvalue weighted by atomic mass is 35.5. The molecular formula is C18H18ClNO2S. The van der Waals surface area contributed by atoms with Crippen LogP contribution in [0.4, 0.5) is 11.4 Å². The fraction of sp³-hybridized carbons (Fsp3) is 0.222. The van der Waals surface area contributed by atoms with Crippen LogP contribution >= 0.6 is 11.6 Å². The van der Waals surface area contributed by atoms with Crippen LogP contribution in [0.25, 0.3) is 0 Å². The van der Waals surface area contributed by atoms with Crippen molar-refractivity contribution in [1.82, 2.24) is 0 Å². The molecule has 0 bridgehead atoms. The Morgan fingerprint density at radius 3 is 2.48 bits per heavy atom. The van der Waals surface area contributed by atoms with Gasteiger partial charge in [0.15, 0.2) is 0 Å². The van der Waals surface area contributed by atoms with Crippen molar-refractivity contribution in [3.05, 3.63) is 72.3 Å². The van der Waals surface area contributed by atoms with Gasteiger partial charge in [-0.15, -0.1) is 11.6 Å². The number of sulfonamides is 1. The summed E-state index contributed by atoms with van der Waals surface area (Å²) in [6, 6.07) is 16.8. The highest BCUT2D eigenvalue weighted by Gasteiger charge is 2.39. The highest BCUT2D eigenvalue weighted by Crippen LogP contribution is 2.40. The molecule has 0 saturated heterocycles. The number of nitrogens with zero attached hydrogens (tertiary/aromatic N) is 1. The molecule has 23 heavy (non-hydrogen) atoms. The van der Waals surface area contributed by atoms with E-state index in [0.717, 1.165) is 16.8 Å². The summed E-state index contributed by atoms with van der Waals surface area (Å²) in [6.07, 6.45) is 0.862. The summed E-state index contributed by atoms with van der Waals surface area (Å²) in [5.41, 5.74) is 3.15. The summed E-state index contributed by atoms with van der Waals surface area (Å²) in [6.45, 7) is 3.87. The summed E-state index contributed by atoms with van der Waals surface area (Å²) in [4.78, 5) is 0. The van der Waals surface area contributed by atoms with Crippen LogP contribution in [-0.2, 0) is 16.4 Å². The van der Waals surface area contributed by atoms with E-state index in [9.17, 15) is 8.42 Å². The Hall–Kier alpha value is -1.78. The maximum absolute atomic E-state index is 13.2. The zero-order valence-corrected chi connectivity index (χ0v) is 14.2. The lowest BCUT2D eigenvalue weighted by Crippen LogP contribution is -2.41. The molecule has 3 nitrogen and oxygen atoms in total. The number of fused-ring (bicyclic) bond motifs is 1. The molecule has 1 unspecified atom stereocenters. The van der Waals surface area contributed by atoms with Crippen molar-refractivity contribution in [2.24, 2.45) is 0 Å². The van der Waals surface area contributed by atoms with Gasteiger partial charge in [0.05, 0.1) is 16.6 Å². The van der Waals surface area contributed by atoms with Gasteiger partial charge >= 0.3 is 0 Å². The first-order valence-electron chi connectivity index (χ1n) is 7.43. The normalized spacial score (nSPS) is 19.2. The van der Waals surface area contributed by atoms with Gasteiger partial charge in [-0.05, 0) is 36.6 Å². The van der Waals surface area contributed by atoms with Crippen molar-refractivity contribution in [1.29, 1.82) is 0 Å². The second kappa shape index (κ2) is 6.38. The number of hydrogen-bond acceptors (Lipinski definition) is 2. The first-order chi connectivity index (χ1) is 11.0. The molecule has 2 aromatic rings. The molecule has 1 aliphatic rings. The highest BCUT2D eigenvalue weighted by molar-refractivity contribution is 7.93. The Bertz CT molecular complexity index is 818. The van der Waals surface area contributed by atoms with Crippen LogP contribution in [0, 0.1) is 0 Å². The van der Waals surface area contributed by atoms with Crippen molar-refractivity contribution in [2.75, 3.05) is 10.2 Å². The fourth-order valence-electron chi connectivity index (χ4n) is 2.92. The zero-order valence-electron chi connectivity index (χ0n) is 12.7. The summed E-state index contributed by atoms with van der Waals surface area (Å²) < 4.78 is 27.8. The number of hydrogen-bond donors (Lipinski definition) is 0. The third-order valence-electron chi connectivity index (χ3n) is 4.03. The zero-order chi connectivity index (χ0) is 16.4. The Morgan fingerprint density at radius 2 is 1.78 bits per heavy atom. The van der Waals surface area contributed by atoms with Crippen molar-refractivity contribution >= 4 is 33.0 Å². The van der Waals surface area contributed by atoms with Gasteiger partial charge in [-0.25, -0.2) is 12.7 Å². The molecule has 0 aromatic heterocycles. The predicted molar refractivity (Wildman–Crippen MR) is 95.9 cm³/mol. The van der Waals surface area contributed by atoms with E-state index in [1.165, 1.54) is 4.31 Å². The van der Waals surface area contributed by atoms with Crippen LogP contribution in [0.2, 0.25) is 0 Å². The Balaban J connectivity index is 2.13. The minimum atomic E-state index is -3.52. The Kier molecular flexibility index (Phi) is 4.46. The smallest absolute Gasteiger partial charge is 0.238 e. The van der Waals surface area contributed by atoms with Crippen LogP contribution in [0.5, 0.6) is 0 Å². The minimum Gasteiger partial charge on any atom is -0.238 e. The molecule has 0 N–H and O–H groups in total. The number of alkyl halides is 1. The molecule has 1 atom stereocenters. The van der Waals surface area contributed by atoms with Crippen molar-refractivity contribution < 1.29 is 8.42 Å². The van der Waals surface area contributed by atoms with Gasteiger partial charge in [-0.1, -0.05) is 48.6 Å². The standard InChI is InChI=1S/C18H18ClNO2S/c1-14(13-19)11-17-12-15-7-5-6-10-18(15)20(23(17,21)22)16-8-3-2-4-9-16/h2-10,17H,1,11-13H2. The number of anilines is 2. The largest absolute Gasteiger partial charge is 0.243 e. The van der Waals surface area contributed by atoms with Gasteiger partial charge in [0.2, 0.25) is 10.0 Å². The third kappa shape index (κ3) is 3.01. The van der Waals surface area contributed by atoms with Crippen LogP contribution in [0.15, 0.2) is 66.7 Å². The summed E-state index contributed by atoms with van der Waals surface area (Å²) in [5.74, 6) is 0.277. The molecule has 3 rings (SSSR count). The summed E-state index contributed by atoms with van der Waals surface area (Å²) >= 11 is 5.81. The van der Waals surface area contributed by atoms with Crippen molar-refractivity contribution in [2.45, 2.75) is 18.1 Å². The molecule has 1 aliphatic heterocycles. The lowest BCUT2D eigenvalue weighted by Gasteiger charge is -2.35. The number of rotatable bonds is 4. The molecule has 0 aliphatic carbocycles. The molecule has 1 heterocycles. The van der Waals surface area contributed by atoms with Crippen LogP contribution in [-0.4, -0.2) is 19.5 Å². The minimum absolute atomic E-state index is 0.277. The van der Waals surface area contributed by atoms with Gasteiger partial charge in [-0.2, -0.15) is 0 Å². The second-order valence-electron chi connectivity index (χ2n) is 5.69. The Labute approximate surface area is 142 Å². The van der Waals surface area contributed by atoms with E-state index in [4.69, 9.17) is 11.6 Å². The van der Waals surface area contributed by atoms with Gasteiger partial charge < -0.3 is 0 Å². The first-order valence-corrected chi connectivity index (χ1v) is 9.47. The Morgan fingerprint density at radius 1 is 1.13 bits per heavy atom. The number of benzene rings is 2. The maximum Gasteiger partial charge on any atom is 0.243 e. The van der Waals surface area contributed by atoms with Gasteiger partial charge in [-0.3, -0.25) is 0 Å². The second-order valence-corrected chi connectivity index (χ2v) is 8.02. The number of halogens is 1. The van der Waals surface area contributed by atoms with Crippen molar-refractivity contribution in [3.63, 3.8) is 0 Å². The summed E-state index contributed by atoms with van der Waals surface area (Å²) in [7, 11) is -3.52. The van der Waals surface area contributed by atoms with Gasteiger partial charge in [0, 0.05) is 5.88 Å². The van der Waals surface area contributed by atoms with E-state index in [2.05, 4.69) is 6.58 Å². The maximum atomic E-state index is 13.2. The van der Waals surface area contributed by atoms with E-state index in [0.29, 0.717) is 18.5 Å². The average Bonchev–Trinajstić information content (AvgIpc) is 2.56. The van der Waals surface area contributed by atoms with Gasteiger partial charge in [0.25, 0.3) is 0 Å². The predicted octanol–water partition coefficient (Wildman–Crippen LogP) is 4.26. The fourth-order valence-corrected chi connectivity index (χ4v) is 5.03. The molecule has 0 spiro atoms. The van der Waals surface area contributed by atoms with Crippen LogP contribution < -0.4 is 4.31 Å². The van der Waals surface area contributed by atoms with E-state index < -0.39 is 15.3 Å². The molecule has 0 fully saturated rings. The van der Waals surface area contributed by atoms with E-state index >= 15 is 0 Å². The lowest BCUT2D eigenvalue weighted by atomic mass is 10.0. The van der Waals surface area contributed by atoms with Gasteiger partial charge in [0.1, 0.15) is 0 Å². The monoisotopic (exact) mass is 347 g/mol. The molecular weight excluding hydrogens is 330 g/mol. The average molecular weight is 348 g/mol. The van der Waals surface area contributed by atoms with Crippen molar-refractivity contribution in [3.8, 4) is 0 Å². The topological polar surface area (TPSA) is 37.4 Å². The molecule has 0 radical (unpaired) electrons. The molecule has 0 amide bonds. The van der Waals surface area contributed by atoms with Crippen LogP contribution in [0.1, 0.15) is 12.0 Å².